The third kappa shape index (κ3) is 4.75. The minimum atomic E-state index is 0.157. The molecule has 0 spiro atoms. The summed E-state index contributed by atoms with van der Waals surface area (Å²) in [6.45, 7) is 4.63. The molecule has 0 fully saturated rings. The van der Waals surface area contributed by atoms with Gasteiger partial charge in [0.05, 0.1) is 12.8 Å². The summed E-state index contributed by atoms with van der Waals surface area (Å²) < 4.78 is 5.23. The normalized spacial score (nSPS) is 13.6. The molecule has 1 aromatic rings. The maximum atomic E-state index is 8.58. The zero-order valence-corrected chi connectivity index (χ0v) is 11.9. The van der Waals surface area contributed by atoms with E-state index in [1.165, 1.54) is 0 Å². The fraction of sp³-hybridized carbons (Fsp3) is 0.538. The van der Waals surface area contributed by atoms with E-state index in [1.807, 2.05) is 33.0 Å². The molecule has 0 aliphatic rings. The number of hydrogen-bond donors (Lipinski definition) is 2. The van der Waals surface area contributed by atoms with Gasteiger partial charge in [-0.05, 0) is 20.9 Å². The van der Waals surface area contributed by atoms with Crippen molar-refractivity contribution in [3.63, 3.8) is 0 Å². The fourth-order valence-corrected chi connectivity index (χ4v) is 1.81. The Labute approximate surface area is 113 Å². The second kappa shape index (κ2) is 6.94. The summed E-state index contributed by atoms with van der Waals surface area (Å²) in [6.07, 6.45) is 0.510. The van der Waals surface area contributed by atoms with Crippen molar-refractivity contribution in [2.75, 3.05) is 14.2 Å². The predicted octanol–water partition coefficient (Wildman–Crippen LogP) is 1.36. The number of amidine groups is 1. The molecule has 19 heavy (non-hydrogen) atoms. The lowest BCUT2D eigenvalue weighted by atomic mass is 10.2. The third-order valence-corrected chi connectivity index (χ3v) is 3.01. The predicted molar refractivity (Wildman–Crippen MR) is 74.5 cm³/mol. The van der Waals surface area contributed by atoms with E-state index >= 15 is 0 Å². The van der Waals surface area contributed by atoms with Crippen LogP contribution in [0.25, 0.3) is 0 Å². The lowest BCUT2D eigenvalue weighted by Gasteiger charge is -2.24. The number of aryl methyl sites for hydroxylation is 1. The summed E-state index contributed by atoms with van der Waals surface area (Å²) in [5.41, 5.74) is 7.37. The molecule has 1 rings (SSSR count). The van der Waals surface area contributed by atoms with Crippen LogP contribution in [0.2, 0.25) is 0 Å². The number of rotatable bonds is 6. The molecule has 1 aromatic heterocycles. The lowest BCUT2D eigenvalue weighted by Crippen LogP contribution is -2.33. The number of nitrogens with two attached hydrogens (primary N) is 1. The second-order valence-corrected chi connectivity index (χ2v) is 4.70. The maximum Gasteiger partial charge on any atom is 0.140 e. The smallest absolute Gasteiger partial charge is 0.140 e. The van der Waals surface area contributed by atoms with E-state index in [1.54, 1.807) is 7.11 Å². The van der Waals surface area contributed by atoms with Crippen LogP contribution in [-0.4, -0.2) is 41.1 Å². The summed E-state index contributed by atoms with van der Waals surface area (Å²) in [7, 11) is 3.62. The van der Waals surface area contributed by atoms with Crippen LogP contribution in [0.5, 0.6) is 5.75 Å². The number of oxime groups is 1. The van der Waals surface area contributed by atoms with Gasteiger partial charge in [0.25, 0.3) is 0 Å². The maximum absolute atomic E-state index is 8.58. The summed E-state index contributed by atoms with van der Waals surface area (Å²) >= 11 is 0. The Hall–Kier alpha value is -1.82. The Kier molecular flexibility index (Phi) is 5.57. The number of methoxy groups -OCH3 is 1. The summed E-state index contributed by atoms with van der Waals surface area (Å²) in [5.74, 6) is 1.04. The Morgan fingerprint density at radius 1 is 1.58 bits per heavy atom. The van der Waals surface area contributed by atoms with Crippen molar-refractivity contribution in [2.45, 2.75) is 32.9 Å². The van der Waals surface area contributed by atoms with Gasteiger partial charge in [0.1, 0.15) is 11.6 Å². The molecule has 0 radical (unpaired) electrons. The van der Waals surface area contributed by atoms with E-state index in [4.69, 9.17) is 15.7 Å². The first kappa shape index (κ1) is 15.2. The van der Waals surface area contributed by atoms with Crippen LogP contribution >= 0.6 is 0 Å². The van der Waals surface area contributed by atoms with Crippen LogP contribution in [-0.2, 0) is 6.54 Å². The highest BCUT2D eigenvalue weighted by Crippen LogP contribution is 2.15. The number of pyridine rings is 1. The van der Waals surface area contributed by atoms with E-state index < -0.39 is 0 Å². The SMILES string of the molecule is COc1cc(C)nc(CN(C)C(C)C/C(N)=N/O)c1. The average molecular weight is 266 g/mol. The van der Waals surface area contributed by atoms with Gasteiger partial charge in [0, 0.05) is 36.8 Å². The highest BCUT2D eigenvalue weighted by Gasteiger charge is 2.13. The minimum Gasteiger partial charge on any atom is -0.497 e. The standard InChI is InChI=1S/C13H22N4O2/c1-9-5-12(19-4)7-11(15-9)8-17(3)10(2)6-13(14)16-18/h5,7,10,18H,6,8H2,1-4H3,(H2,14,16). The van der Waals surface area contributed by atoms with Gasteiger partial charge in [-0.15, -0.1) is 0 Å². The van der Waals surface area contributed by atoms with E-state index in [0.29, 0.717) is 13.0 Å². The van der Waals surface area contributed by atoms with Crippen molar-refractivity contribution in [2.24, 2.45) is 10.9 Å². The Bertz CT molecular complexity index is 448. The first-order valence-corrected chi connectivity index (χ1v) is 6.14. The molecule has 1 unspecified atom stereocenters. The monoisotopic (exact) mass is 266 g/mol. The summed E-state index contributed by atoms with van der Waals surface area (Å²) in [4.78, 5) is 6.57. The van der Waals surface area contributed by atoms with Crippen molar-refractivity contribution in [3.8, 4) is 5.75 Å². The zero-order chi connectivity index (χ0) is 14.4. The van der Waals surface area contributed by atoms with Gasteiger partial charge in [-0.1, -0.05) is 5.16 Å². The van der Waals surface area contributed by atoms with Crippen LogP contribution in [0.4, 0.5) is 0 Å². The molecule has 0 saturated heterocycles. The molecule has 6 heteroatoms. The molecule has 1 atom stereocenters. The highest BCUT2D eigenvalue weighted by atomic mass is 16.5. The number of nitrogens with zero attached hydrogens (tertiary/aromatic N) is 3. The average Bonchev–Trinajstić information content (AvgIpc) is 2.37. The van der Waals surface area contributed by atoms with Crippen molar-refractivity contribution >= 4 is 5.84 Å². The first-order valence-electron chi connectivity index (χ1n) is 6.14. The Morgan fingerprint density at radius 2 is 2.26 bits per heavy atom. The van der Waals surface area contributed by atoms with Crippen LogP contribution < -0.4 is 10.5 Å². The molecule has 1 heterocycles. The van der Waals surface area contributed by atoms with Crippen LogP contribution in [0.15, 0.2) is 17.3 Å². The van der Waals surface area contributed by atoms with Gasteiger partial charge in [-0.3, -0.25) is 9.88 Å². The Morgan fingerprint density at radius 3 is 2.84 bits per heavy atom. The molecule has 3 N–H and O–H groups in total. The minimum absolute atomic E-state index is 0.157. The summed E-state index contributed by atoms with van der Waals surface area (Å²) in [6, 6.07) is 3.97. The topological polar surface area (TPSA) is 84.0 Å². The molecule has 0 amide bonds. The molecule has 0 aromatic carbocycles. The largest absolute Gasteiger partial charge is 0.497 e. The number of hydrogen-bond acceptors (Lipinski definition) is 5. The van der Waals surface area contributed by atoms with Gasteiger partial charge < -0.3 is 15.7 Å². The first-order chi connectivity index (χ1) is 8.96. The van der Waals surface area contributed by atoms with Crippen molar-refractivity contribution in [1.82, 2.24) is 9.88 Å². The fourth-order valence-electron chi connectivity index (χ4n) is 1.81. The van der Waals surface area contributed by atoms with Crippen LogP contribution in [0.3, 0.4) is 0 Å². The molecular formula is C13H22N4O2. The molecule has 0 saturated carbocycles. The zero-order valence-electron chi connectivity index (χ0n) is 11.9. The number of aromatic nitrogens is 1. The third-order valence-electron chi connectivity index (χ3n) is 3.01. The van der Waals surface area contributed by atoms with Crippen molar-refractivity contribution in [3.05, 3.63) is 23.5 Å². The molecule has 106 valence electrons. The quantitative estimate of drug-likeness (QED) is 0.351. The van der Waals surface area contributed by atoms with E-state index in [2.05, 4.69) is 15.0 Å². The molecular weight excluding hydrogens is 244 g/mol. The van der Waals surface area contributed by atoms with Gasteiger partial charge in [0.2, 0.25) is 0 Å². The Balaban J connectivity index is 2.70. The van der Waals surface area contributed by atoms with Gasteiger partial charge >= 0.3 is 0 Å². The van der Waals surface area contributed by atoms with Crippen molar-refractivity contribution in [1.29, 1.82) is 0 Å². The summed E-state index contributed by atoms with van der Waals surface area (Å²) in [5, 5.41) is 11.6. The van der Waals surface area contributed by atoms with E-state index in [-0.39, 0.29) is 11.9 Å². The lowest BCUT2D eigenvalue weighted by molar-refractivity contribution is 0.247. The van der Waals surface area contributed by atoms with Crippen LogP contribution in [0, 0.1) is 6.92 Å². The van der Waals surface area contributed by atoms with Gasteiger partial charge in [-0.2, -0.15) is 0 Å². The van der Waals surface area contributed by atoms with E-state index in [9.17, 15) is 0 Å². The van der Waals surface area contributed by atoms with Gasteiger partial charge in [-0.25, -0.2) is 0 Å². The highest BCUT2D eigenvalue weighted by molar-refractivity contribution is 5.80. The molecule has 0 aliphatic carbocycles. The van der Waals surface area contributed by atoms with E-state index in [0.717, 1.165) is 17.1 Å². The molecule has 0 aliphatic heterocycles. The molecule has 6 nitrogen and oxygen atoms in total. The van der Waals surface area contributed by atoms with Crippen LogP contribution in [0.1, 0.15) is 24.7 Å². The van der Waals surface area contributed by atoms with Gasteiger partial charge in [0.15, 0.2) is 0 Å². The molecule has 0 bridgehead atoms. The second-order valence-electron chi connectivity index (χ2n) is 4.70. The number of ether oxygens (including phenoxy) is 1. The van der Waals surface area contributed by atoms with Crippen molar-refractivity contribution < 1.29 is 9.94 Å².